The van der Waals surface area contributed by atoms with Crippen molar-refractivity contribution in [2.24, 2.45) is 0 Å². The van der Waals surface area contributed by atoms with Crippen molar-refractivity contribution in [2.75, 3.05) is 11.5 Å². The minimum absolute atomic E-state index is 0.476. The lowest BCUT2D eigenvalue weighted by atomic mass is 10.0. The maximum atomic E-state index is 10.0. The largest absolute Gasteiger partial charge is 0.389 e. The molecule has 0 aromatic carbocycles. The van der Waals surface area contributed by atoms with Crippen LogP contribution in [0.3, 0.4) is 0 Å². The number of nitrogen functional groups attached to an aromatic ring is 1. The molecule has 0 atom stereocenters. The summed E-state index contributed by atoms with van der Waals surface area (Å²) in [7, 11) is 0. The molecule has 14 heavy (non-hydrogen) atoms. The Labute approximate surface area is 91.9 Å². The molecule has 0 aliphatic rings. The van der Waals surface area contributed by atoms with Crippen LogP contribution in [0.1, 0.15) is 26.7 Å². The molecule has 0 radical (unpaired) electrons. The molecule has 0 saturated carbocycles. The number of aromatic nitrogens is 2. The number of nitrogens with zero attached hydrogens (tertiary/aromatic N) is 2. The summed E-state index contributed by atoms with van der Waals surface area (Å²) in [5.74, 6) is 0.647. The Morgan fingerprint density at radius 2 is 2.07 bits per heavy atom. The minimum atomic E-state index is -0.592. The van der Waals surface area contributed by atoms with E-state index in [1.807, 2.05) is 13.8 Å². The lowest BCUT2D eigenvalue weighted by Gasteiger charge is -2.23. The molecule has 4 nitrogen and oxygen atoms in total. The van der Waals surface area contributed by atoms with Gasteiger partial charge in [-0.05, 0) is 12.8 Å². The molecule has 1 rings (SSSR count). The Morgan fingerprint density at radius 3 is 2.50 bits per heavy atom. The average molecular weight is 233 g/mol. The van der Waals surface area contributed by atoms with Gasteiger partial charge < -0.3 is 10.8 Å². The van der Waals surface area contributed by atoms with Crippen molar-refractivity contribution in [3.8, 4) is 0 Å². The second kappa shape index (κ2) is 4.95. The summed E-state index contributed by atoms with van der Waals surface area (Å²) >= 11 is 2.87. The highest BCUT2D eigenvalue weighted by atomic mass is 32.2. The Morgan fingerprint density at radius 1 is 1.43 bits per heavy atom. The van der Waals surface area contributed by atoms with E-state index in [1.165, 1.54) is 23.1 Å². The number of hydrogen-bond acceptors (Lipinski definition) is 6. The van der Waals surface area contributed by atoms with Crippen LogP contribution in [0.4, 0.5) is 5.13 Å². The molecule has 0 aliphatic carbocycles. The number of thioether (sulfide) groups is 1. The number of rotatable bonds is 5. The molecule has 3 N–H and O–H groups in total. The fourth-order valence-electron chi connectivity index (χ4n) is 0.929. The Bertz CT molecular complexity index is 286. The molecular formula is C8H15N3OS2. The van der Waals surface area contributed by atoms with Gasteiger partial charge >= 0.3 is 0 Å². The molecule has 1 aromatic rings. The maximum absolute atomic E-state index is 10.0. The SMILES string of the molecule is CCC(O)(CC)CSc1nnc(N)s1. The van der Waals surface area contributed by atoms with Crippen molar-refractivity contribution in [2.45, 2.75) is 36.6 Å². The lowest BCUT2D eigenvalue weighted by molar-refractivity contribution is 0.0572. The van der Waals surface area contributed by atoms with Crippen molar-refractivity contribution < 1.29 is 5.11 Å². The first-order chi connectivity index (χ1) is 6.59. The number of nitrogens with two attached hydrogens (primary N) is 1. The van der Waals surface area contributed by atoms with E-state index in [-0.39, 0.29) is 0 Å². The molecule has 0 saturated heterocycles. The number of anilines is 1. The predicted octanol–water partition coefficient (Wildman–Crippen LogP) is 1.76. The van der Waals surface area contributed by atoms with Gasteiger partial charge in [0.15, 0.2) is 4.34 Å². The third-order valence-electron chi connectivity index (χ3n) is 2.20. The highest BCUT2D eigenvalue weighted by Gasteiger charge is 2.22. The third-order valence-corrected chi connectivity index (χ3v) is 4.36. The summed E-state index contributed by atoms with van der Waals surface area (Å²) in [6.45, 7) is 3.97. The summed E-state index contributed by atoms with van der Waals surface area (Å²) in [6, 6.07) is 0. The van der Waals surface area contributed by atoms with Crippen LogP contribution in [0.5, 0.6) is 0 Å². The average Bonchev–Trinajstić information content (AvgIpc) is 2.61. The predicted molar refractivity (Wildman–Crippen MR) is 60.6 cm³/mol. The first-order valence-electron chi connectivity index (χ1n) is 4.54. The van der Waals surface area contributed by atoms with Gasteiger partial charge in [0.2, 0.25) is 5.13 Å². The van der Waals surface area contributed by atoms with E-state index in [0.717, 1.165) is 17.2 Å². The fraction of sp³-hybridized carbons (Fsp3) is 0.750. The van der Waals surface area contributed by atoms with E-state index < -0.39 is 5.60 Å². The van der Waals surface area contributed by atoms with Crippen molar-refractivity contribution in [1.82, 2.24) is 10.2 Å². The minimum Gasteiger partial charge on any atom is -0.389 e. The molecule has 0 fully saturated rings. The van der Waals surface area contributed by atoms with Crippen LogP contribution in [0.2, 0.25) is 0 Å². The molecule has 0 bridgehead atoms. The van der Waals surface area contributed by atoms with E-state index in [2.05, 4.69) is 10.2 Å². The second-order valence-electron chi connectivity index (χ2n) is 3.13. The molecule has 0 amide bonds. The smallest absolute Gasteiger partial charge is 0.203 e. The van der Waals surface area contributed by atoms with Crippen LogP contribution in [-0.2, 0) is 0 Å². The topological polar surface area (TPSA) is 72.0 Å². The van der Waals surface area contributed by atoms with E-state index in [4.69, 9.17) is 5.73 Å². The molecule has 0 unspecified atom stereocenters. The van der Waals surface area contributed by atoms with Crippen LogP contribution >= 0.6 is 23.1 Å². The quantitative estimate of drug-likeness (QED) is 0.758. The van der Waals surface area contributed by atoms with Gasteiger partial charge in [-0.2, -0.15) is 0 Å². The number of hydrogen-bond donors (Lipinski definition) is 2. The van der Waals surface area contributed by atoms with Gasteiger partial charge in [0.1, 0.15) is 0 Å². The lowest BCUT2D eigenvalue weighted by Crippen LogP contribution is -2.29. The van der Waals surface area contributed by atoms with Crippen LogP contribution in [0, 0.1) is 0 Å². The van der Waals surface area contributed by atoms with Crippen molar-refractivity contribution in [3.05, 3.63) is 0 Å². The van der Waals surface area contributed by atoms with Gasteiger partial charge in [0.05, 0.1) is 5.60 Å². The normalized spacial score (nSPS) is 11.9. The molecule has 1 heterocycles. The van der Waals surface area contributed by atoms with Crippen LogP contribution in [0.15, 0.2) is 4.34 Å². The van der Waals surface area contributed by atoms with Crippen molar-refractivity contribution in [1.29, 1.82) is 0 Å². The zero-order valence-corrected chi connectivity index (χ0v) is 9.99. The number of aliphatic hydroxyl groups is 1. The zero-order chi connectivity index (χ0) is 10.6. The maximum Gasteiger partial charge on any atom is 0.203 e. The summed E-state index contributed by atoms with van der Waals surface area (Å²) in [5, 5.41) is 18.1. The van der Waals surface area contributed by atoms with E-state index >= 15 is 0 Å². The van der Waals surface area contributed by atoms with Crippen LogP contribution < -0.4 is 5.73 Å². The summed E-state index contributed by atoms with van der Waals surface area (Å²) in [4.78, 5) is 0. The van der Waals surface area contributed by atoms with Crippen LogP contribution in [0.25, 0.3) is 0 Å². The van der Waals surface area contributed by atoms with E-state index in [1.54, 1.807) is 0 Å². The van der Waals surface area contributed by atoms with Gasteiger partial charge in [-0.3, -0.25) is 0 Å². The van der Waals surface area contributed by atoms with Gasteiger partial charge in [-0.25, -0.2) is 0 Å². The van der Waals surface area contributed by atoms with Crippen molar-refractivity contribution in [3.63, 3.8) is 0 Å². The molecule has 0 spiro atoms. The summed E-state index contributed by atoms with van der Waals surface area (Å²) in [6.07, 6.45) is 1.51. The monoisotopic (exact) mass is 233 g/mol. The molecular weight excluding hydrogens is 218 g/mol. The van der Waals surface area contributed by atoms with Gasteiger partial charge in [0, 0.05) is 5.75 Å². The summed E-state index contributed by atoms with van der Waals surface area (Å²) in [5.41, 5.74) is 4.86. The van der Waals surface area contributed by atoms with Crippen LogP contribution in [-0.4, -0.2) is 26.7 Å². The third kappa shape index (κ3) is 3.11. The van der Waals surface area contributed by atoms with E-state index in [9.17, 15) is 5.11 Å². The highest BCUT2D eigenvalue weighted by molar-refractivity contribution is 8.01. The van der Waals surface area contributed by atoms with E-state index in [0.29, 0.717) is 10.9 Å². The van der Waals surface area contributed by atoms with Gasteiger partial charge in [-0.15, -0.1) is 10.2 Å². The first kappa shape index (κ1) is 11.7. The standard InChI is InChI=1S/C8H15N3OS2/c1-3-8(12,4-2)5-13-7-11-10-6(9)14-7/h12H,3-5H2,1-2H3,(H2,9,10). The van der Waals surface area contributed by atoms with Gasteiger partial charge in [-0.1, -0.05) is 36.9 Å². The Hall–Kier alpha value is -0.330. The molecule has 0 aliphatic heterocycles. The molecule has 6 heteroatoms. The Balaban J connectivity index is 2.47. The Kier molecular flexibility index (Phi) is 4.15. The highest BCUT2D eigenvalue weighted by Crippen LogP contribution is 2.29. The van der Waals surface area contributed by atoms with Crippen molar-refractivity contribution >= 4 is 28.2 Å². The summed E-state index contributed by atoms with van der Waals surface area (Å²) < 4.78 is 0.822. The van der Waals surface area contributed by atoms with Gasteiger partial charge in [0.25, 0.3) is 0 Å². The second-order valence-corrected chi connectivity index (χ2v) is 5.36. The first-order valence-corrected chi connectivity index (χ1v) is 6.34. The molecule has 1 aromatic heterocycles. The zero-order valence-electron chi connectivity index (χ0n) is 8.36. The fourth-order valence-corrected chi connectivity index (χ4v) is 2.84. The molecule has 80 valence electrons.